The fourth-order valence-corrected chi connectivity index (χ4v) is 2.95. The smallest absolute Gasteiger partial charge is 0.277 e. The molecule has 0 aliphatic carbocycles. The highest BCUT2D eigenvalue weighted by Gasteiger charge is 2.37. The van der Waals surface area contributed by atoms with Crippen LogP contribution in [0, 0.1) is 0 Å². The number of likely N-dealkylation sites (N-methyl/N-ethyl adjacent to an activating group) is 1. The summed E-state index contributed by atoms with van der Waals surface area (Å²) in [5.41, 5.74) is 3.15. The Bertz CT molecular complexity index is 882. The molecule has 5 nitrogen and oxygen atoms in total. The van der Waals surface area contributed by atoms with Crippen molar-refractivity contribution in [2.24, 2.45) is 0 Å². The fraction of sp³-hybridized carbons (Fsp3) is 0.238. The van der Waals surface area contributed by atoms with Crippen molar-refractivity contribution in [3.63, 3.8) is 0 Å². The van der Waals surface area contributed by atoms with Gasteiger partial charge in [-0.1, -0.05) is 44.2 Å². The highest BCUT2D eigenvalue weighted by molar-refractivity contribution is 6.36. The Balaban J connectivity index is 2.06. The number of para-hydroxylation sites is 1. The number of rotatable bonds is 5. The summed E-state index contributed by atoms with van der Waals surface area (Å²) < 4.78 is 5.37. The zero-order valence-corrected chi connectivity index (χ0v) is 15.4. The van der Waals surface area contributed by atoms with E-state index < -0.39 is 0 Å². The van der Waals surface area contributed by atoms with Crippen LogP contribution in [0.1, 0.15) is 30.9 Å². The van der Waals surface area contributed by atoms with Gasteiger partial charge in [-0.15, -0.1) is 0 Å². The number of nitrogens with one attached hydrogen (secondary N) is 1. The lowest BCUT2D eigenvalue weighted by molar-refractivity contribution is -0.135. The number of methoxy groups -OCH3 is 1. The highest BCUT2D eigenvalue weighted by atomic mass is 16.5. The van der Waals surface area contributed by atoms with Crippen LogP contribution in [0.3, 0.4) is 0 Å². The first-order chi connectivity index (χ1) is 12.4. The average molecular weight is 350 g/mol. The van der Waals surface area contributed by atoms with Crippen LogP contribution in [-0.4, -0.2) is 30.9 Å². The predicted octanol–water partition coefficient (Wildman–Crippen LogP) is 3.64. The molecule has 2 aromatic carbocycles. The SMILES string of the molecule is COc1ccccc1C1=C(Nc2ccc(C(C)C)cc2)C(=O)N(C)C1=O. The molecule has 0 saturated heterocycles. The Morgan fingerprint density at radius 3 is 2.23 bits per heavy atom. The largest absolute Gasteiger partial charge is 0.496 e. The molecular weight excluding hydrogens is 328 g/mol. The Morgan fingerprint density at radius 2 is 1.62 bits per heavy atom. The van der Waals surface area contributed by atoms with E-state index >= 15 is 0 Å². The maximum absolute atomic E-state index is 12.7. The van der Waals surface area contributed by atoms with Gasteiger partial charge < -0.3 is 10.1 Å². The summed E-state index contributed by atoms with van der Waals surface area (Å²) >= 11 is 0. The average Bonchev–Trinajstić information content (AvgIpc) is 2.86. The van der Waals surface area contributed by atoms with Gasteiger partial charge >= 0.3 is 0 Å². The summed E-state index contributed by atoms with van der Waals surface area (Å²) in [6.45, 7) is 4.25. The van der Waals surface area contributed by atoms with E-state index in [0.717, 1.165) is 10.6 Å². The molecule has 3 rings (SSSR count). The maximum Gasteiger partial charge on any atom is 0.277 e. The molecule has 0 saturated carbocycles. The fourth-order valence-electron chi connectivity index (χ4n) is 2.95. The first-order valence-electron chi connectivity index (χ1n) is 8.51. The van der Waals surface area contributed by atoms with Gasteiger partial charge in [-0.25, -0.2) is 0 Å². The molecule has 5 heteroatoms. The number of carbonyl (C=O) groups excluding carboxylic acids is 2. The van der Waals surface area contributed by atoms with E-state index in [1.807, 2.05) is 36.4 Å². The molecule has 2 aromatic rings. The van der Waals surface area contributed by atoms with Crippen molar-refractivity contribution in [2.45, 2.75) is 19.8 Å². The van der Waals surface area contributed by atoms with Crippen LogP contribution in [0.15, 0.2) is 54.2 Å². The molecule has 1 aliphatic heterocycles. The standard InChI is InChI=1S/C21H22N2O3/c1-13(2)14-9-11-15(12-10-14)22-19-18(20(24)23(3)21(19)25)16-7-5-6-8-17(16)26-4/h5-13,22H,1-4H3. The van der Waals surface area contributed by atoms with Crippen molar-refractivity contribution in [1.29, 1.82) is 0 Å². The molecule has 134 valence electrons. The number of hydrogen-bond donors (Lipinski definition) is 1. The van der Waals surface area contributed by atoms with Gasteiger partial charge in [0.15, 0.2) is 0 Å². The highest BCUT2D eigenvalue weighted by Crippen LogP contribution is 2.34. The second-order valence-corrected chi connectivity index (χ2v) is 6.52. The van der Waals surface area contributed by atoms with Crippen molar-refractivity contribution in [2.75, 3.05) is 19.5 Å². The summed E-state index contributed by atoms with van der Waals surface area (Å²) in [6.07, 6.45) is 0. The van der Waals surface area contributed by atoms with Gasteiger partial charge in [0.05, 0.1) is 12.7 Å². The first kappa shape index (κ1) is 17.7. The van der Waals surface area contributed by atoms with Crippen molar-refractivity contribution in [3.05, 3.63) is 65.4 Å². The quantitative estimate of drug-likeness (QED) is 0.837. The number of anilines is 1. The molecule has 0 bridgehead atoms. The zero-order valence-electron chi connectivity index (χ0n) is 15.4. The molecule has 2 amide bonds. The topological polar surface area (TPSA) is 58.6 Å². The van der Waals surface area contributed by atoms with Crippen LogP contribution in [0.5, 0.6) is 5.75 Å². The van der Waals surface area contributed by atoms with E-state index in [-0.39, 0.29) is 17.5 Å². The van der Waals surface area contributed by atoms with E-state index in [1.54, 1.807) is 19.2 Å². The minimum atomic E-state index is -0.358. The molecule has 0 radical (unpaired) electrons. The number of ether oxygens (including phenoxy) is 1. The molecule has 1 heterocycles. The Kier molecular flexibility index (Phi) is 4.80. The summed E-state index contributed by atoms with van der Waals surface area (Å²) in [5.74, 6) is 0.270. The molecule has 0 unspecified atom stereocenters. The summed E-state index contributed by atoms with van der Waals surface area (Å²) in [7, 11) is 3.03. The lowest BCUT2D eigenvalue weighted by Gasteiger charge is -2.12. The van der Waals surface area contributed by atoms with Crippen LogP contribution >= 0.6 is 0 Å². The molecule has 0 spiro atoms. The number of hydrogen-bond acceptors (Lipinski definition) is 4. The molecule has 0 fully saturated rings. The van der Waals surface area contributed by atoms with Gasteiger partial charge in [0.25, 0.3) is 11.8 Å². The number of imide groups is 1. The van der Waals surface area contributed by atoms with E-state index in [1.165, 1.54) is 12.6 Å². The lowest BCUT2D eigenvalue weighted by Crippen LogP contribution is -2.27. The van der Waals surface area contributed by atoms with Crippen LogP contribution < -0.4 is 10.1 Å². The number of benzene rings is 2. The second-order valence-electron chi connectivity index (χ2n) is 6.52. The van der Waals surface area contributed by atoms with Gasteiger partial charge in [-0.05, 0) is 29.7 Å². The molecule has 26 heavy (non-hydrogen) atoms. The van der Waals surface area contributed by atoms with Gasteiger partial charge in [0, 0.05) is 18.3 Å². The minimum Gasteiger partial charge on any atom is -0.496 e. The predicted molar refractivity (Wildman–Crippen MR) is 102 cm³/mol. The number of carbonyl (C=O) groups is 2. The van der Waals surface area contributed by atoms with Gasteiger partial charge in [-0.3, -0.25) is 14.5 Å². The summed E-state index contributed by atoms with van der Waals surface area (Å²) in [5, 5.41) is 3.13. The molecule has 1 aliphatic rings. The third-order valence-electron chi connectivity index (χ3n) is 4.51. The second kappa shape index (κ2) is 7.04. The normalized spacial score (nSPS) is 14.4. The van der Waals surface area contributed by atoms with Crippen molar-refractivity contribution >= 4 is 23.1 Å². The molecule has 0 aromatic heterocycles. The van der Waals surface area contributed by atoms with Gasteiger partial charge in [0.1, 0.15) is 11.4 Å². The monoisotopic (exact) mass is 350 g/mol. The first-order valence-corrected chi connectivity index (χ1v) is 8.51. The minimum absolute atomic E-state index is 0.263. The Hall–Kier alpha value is -3.08. The van der Waals surface area contributed by atoms with E-state index in [2.05, 4.69) is 19.2 Å². The zero-order chi connectivity index (χ0) is 18.8. The summed E-state index contributed by atoms with van der Waals surface area (Å²) in [4.78, 5) is 26.4. The number of amides is 2. The Labute approximate surface area is 153 Å². The number of nitrogens with zero attached hydrogens (tertiary/aromatic N) is 1. The maximum atomic E-state index is 12.7. The lowest BCUT2D eigenvalue weighted by atomic mass is 10.0. The van der Waals surface area contributed by atoms with Gasteiger partial charge in [0.2, 0.25) is 0 Å². The van der Waals surface area contributed by atoms with Crippen LogP contribution in [0.4, 0.5) is 5.69 Å². The van der Waals surface area contributed by atoms with Crippen LogP contribution in [0.2, 0.25) is 0 Å². The van der Waals surface area contributed by atoms with Crippen LogP contribution in [-0.2, 0) is 9.59 Å². The summed E-state index contributed by atoms with van der Waals surface area (Å²) in [6, 6.07) is 15.1. The van der Waals surface area contributed by atoms with Crippen LogP contribution in [0.25, 0.3) is 5.57 Å². The van der Waals surface area contributed by atoms with Gasteiger partial charge in [-0.2, -0.15) is 0 Å². The van der Waals surface area contributed by atoms with Crippen molar-refractivity contribution in [3.8, 4) is 5.75 Å². The Morgan fingerprint density at radius 1 is 0.962 bits per heavy atom. The molecule has 1 N–H and O–H groups in total. The molecule has 0 atom stereocenters. The van der Waals surface area contributed by atoms with E-state index in [4.69, 9.17) is 4.74 Å². The van der Waals surface area contributed by atoms with E-state index in [9.17, 15) is 9.59 Å². The van der Waals surface area contributed by atoms with Crippen molar-refractivity contribution in [1.82, 2.24) is 4.90 Å². The molecular formula is C21H22N2O3. The third-order valence-corrected chi connectivity index (χ3v) is 4.51. The van der Waals surface area contributed by atoms with E-state index in [0.29, 0.717) is 22.8 Å². The van der Waals surface area contributed by atoms with Crippen molar-refractivity contribution < 1.29 is 14.3 Å². The third kappa shape index (κ3) is 3.08.